The predicted molar refractivity (Wildman–Crippen MR) is 79.5 cm³/mol. The maximum atomic E-state index is 12.4. The minimum atomic E-state index is 0.138. The van der Waals surface area contributed by atoms with Gasteiger partial charge in [0.15, 0.2) is 0 Å². The number of carbonyl (C=O) groups excluding carboxylic acids is 1. The van der Waals surface area contributed by atoms with Gasteiger partial charge in [0.25, 0.3) is 0 Å². The standard InChI is InChI=1S/C16H25N3O/c1-13-12-14-6-2-3-7-15(14)19(13)16(20)17-8-11-18-9-4-5-10-18/h4-5,9-10,13-15H,2-3,6-8,11-12H2,1H3,(H,17,20)/t13-,14+,15+/m1/s1. The lowest BCUT2D eigenvalue weighted by molar-refractivity contribution is 0.156. The summed E-state index contributed by atoms with van der Waals surface area (Å²) in [4.78, 5) is 14.6. The van der Waals surface area contributed by atoms with Crippen LogP contribution in [0.4, 0.5) is 4.79 Å². The number of fused-ring (bicyclic) bond motifs is 1. The molecule has 2 aliphatic rings. The van der Waals surface area contributed by atoms with Crippen LogP contribution in [-0.4, -0.2) is 34.1 Å². The first-order valence-electron chi connectivity index (χ1n) is 7.92. The predicted octanol–water partition coefficient (Wildman–Crippen LogP) is 2.85. The van der Waals surface area contributed by atoms with Crippen LogP contribution in [0.15, 0.2) is 24.5 Å². The highest BCUT2D eigenvalue weighted by molar-refractivity contribution is 5.75. The Bertz CT molecular complexity index is 443. The van der Waals surface area contributed by atoms with Crippen molar-refractivity contribution in [3.05, 3.63) is 24.5 Å². The van der Waals surface area contributed by atoms with Crippen molar-refractivity contribution in [1.29, 1.82) is 0 Å². The molecule has 1 aliphatic carbocycles. The molecule has 0 bridgehead atoms. The summed E-state index contributed by atoms with van der Waals surface area (Å²) in [6, 6.07) is 5.05. The Balaban J connectivity index is 1.53. The number of amides is 2. The maximum Gasteiger partial charge on any atom is 0.317 e. The van der Waals surface area contributed by atoms with Crippen molar-refractivity contribution in [3.63, 3.8) is 0 Å². The number of aromatic nitrogens is 1. The average molecular weight is 275 g/mol. The molecule has 0 radical (unpaired) electrons. The van der Waals surface area contributed by atoms with Crippen LogP contribution in [0.5, 0.6) is 0 Å². The highest BCUT2D eigenvalue weighted by atomic mass is 16.2. The molecule has 110 valence electrons. The van der Waals surface area contributed by atoms with Crippen molar-refractivity contribution in [3.8, 4) is 0 Å². The molecule has 0 aromatic carbocycles. The fourth-order valence-corrected chi connectivity index (χ4v) is 3.96. The first-order chi connectivity index (χ1) is 9.75. The molecule has 4 heteroatoms. The third kappa shape index (κ3) is 2.69. The van der Waals surface area contributed by atoms with E-state index in [4.69, 9.17) is 0 Å². The SMILES string of the molecule is C[C@@H]1C[C@@H]2CCCC[C@@H]2N1C(=O)NCCn1cccc1. The molecular weight excluding hydrogens is 250 g/mol. The van der Waals surface area contributed by atoms with Gasteiger partial charge in [-0.05, 0) is 44.2 Å². The van der Waals surface area contributed by atoms with E-state index in [1.807, 2.05) is 24.5 Å². The van der Waals surface area contributed by atoms with E-state index < -0.39 is 0 Å². The Morgan fingerprint density at radius 3 is 2.80 bits per heavy atom. The van der Waals surface area contributed by atoms with E-state index in [2.05, 4.69) is 21.7 Å². The molecule has 0 spiro atoms. The largest absolute Gasteiger partial charge is 0.353 e. The Hall–Kier alpha value is -1.45. The van der Waals surface area contributed by atoms with Gasteiger partial charge >= 0.3 is 6.03 Å². The summed E-state index contributed by atoms with van der Waals surface area (Å²) < 4.78 is 2.09. The summed E-state index contributed by atoms with van der Waals surface area (Å²) in [6.07, 6.45) is 10.4. The number of likely N-dealkylation sites (tertiary alicyclic amines) is 1. The quantitative estimate of drug-likeness (QED) is 0.905. The first kappa shape index (κ1) is 13.5. The smallest absolute Gasteiger partial charge is 0.317 e. The van der Waals surface area contributed by atoms with Crippen LogP contribution in [-0.2, 0) is 6.54 Å². The summed E-state index contributed by atoms with van der Waals surface area (Å²) in [5, 5.41) is 3.09. The maximum absolute atomic E-state index is 12.4. The van der Waals surface area contributed by atoms with Gasteiger partial charge in [0.05, 0.1) is 0 Å². The number of hydrogen-bond donors (Lipinski definition) is 1. The number of hydrogen-bond acceptors (Lipinski definition) is 1. The Kier molecular flexibility index (Phi) is 3.99. The molecular formula is C16H25N3O. The highest BCUT2D eigenvalue weighted by Gasteiger charge is 2.42. The van der Waals surface area contributed by atoms with Crippen LogP contribution in [0.3, 0.4) is 0 Å². The summed E-state index contributed by atoms with van der Waals surface area (Å²) in [5.41, 5.74) is 0. The lowest BCUT2D eigenvalue weighted by atomic mass is 9.85. The van der Waals surface area contributed by atoms with E-state index in [1.54, 1.807) is 0 Å². The molecule has 1 N–H and O–H groups in total. The van der Waals surface area contributed by atoms with Crippen molar-refractivity contribution in [2.45, 2.75) is 57.7 Å². The van der Waals surface area contributed by atoms with E-state index >= 15 is 0 Å². The second kappa shape index (κ2) is 5.90. The molecule has 2 heterocycles. The highest BCUT2D eigenvalue weighted by Crippen LogP contribution is 2.39. The molecule has 3 atom stereocenters. The van der Waals surface area contributed by atoms with Gasteiger partial charge in [0.1, 0.15) is 0 Å². The van der Waals surface area contributed by atoms with Gasteiger partial charge in [0, 0.05) is 37.6 Å². The van der Waals surface area contributed by atoms with Crippen molar-refractivity contribution >= 4 is 6.03 Å². The Labute approximate surface area is 121 Å². The minimum absolute atomic E-state index is 0.138. The number of urea groups is 1. The molecule has 2 amide bonds. The van der Waals surface area contributed by atoms with Gasteiger partial charge in [-0.3, -0.25) is 0 Å². The van der Waals surface area contributed by atoms with E-state index in [0.29, 0.717) is 18.6 Å². The van der Waals surface area contributed by atoms with E-state index in [0.717, 1.165) is 12.5 Å². The van der Waals surface area contributed by atoms with Crippen molar-refractivity contribution in [2.24, 2.45) is 5.92 Å². The summed E-state index contributed by atoms with van der Waals surface area (Å²) in [6.45, 7) is 3.74. The third-order valence-corrected chi connectivity index (χ3v) is 4.89. The van der Waals surface area contributed by atoms with Crippen molar-refractivity contribution in [2.75, 3.05) is 6.54 Å². The van der Waals surface area contributed by atoms with Crippen LogP contribution in [0.25, 0.3) is 0 Å². The van der Waals surface area contributed by atoms with Gasteiger partial charge in [-0.2, -0.15) is 0 Å². The first-order valence-corrected chi connectivity index (χ1v) is 7.92. The molecule has 1 saturated heterocycles. The van der Waals surface area contributed by atoms with Gasteiger partial charge < -0.3 is 14.8 Å². The molecule has 1 saturated carbocycles. The third-order valence-electron chi connectivity index (χ3n) is 4.89. The summed E-state index contributed by atoms with van der Waals surface area (Å²) in [5.74, 6) is 0.744. The second-order valence-electron chi connectivity index (χ2n) is 6.26. The monoisotopic (exact) mass is 275 g/mol. The van der Waals surface area contributed by atoms with Crippen LogP contribution >= 0.6 is 0 Å². The van der Waals surface area contributed by atoms with Crippen LogP contribution in [0.2, 0.25) is 0 Å². The molecule has 1 aromatic heterocycles. The average Bonchev–Trinajstić information content (AvgIpc) is 3.04. The fourth-order valence-electron chi connectivity index (χ4n) is 3.96. The molecule has 1 aliphatic heterocycles. The second-order valence-corrected chi connectivity index (χ2v) is 6.26. The molecule has 0 unspecified atom stereocenters. The van der Waals surface area contributed by atoms with Gasteiger partial charge in [-0.1, -0.05) is 12.8 Å². The number of nitrogens with zero attached hydrogens (tertiary/aromatic N) is 2. The van der Waals surface area contributed by atoms with Crippen LogP contribution in [0.1, 0.15) is 39.0 Å². The zero-order valence-corrected chi connectivity index (χ0v) is 12.3. The summed E-state index contributed by atoms with van der Waals surface area (Å²) in [7, 11) is 0. The normalized spacial score (nSPS) is 29.2. The van der Waals surface area contributed by atoms with Crippen LogP contribution < -0.4 is 5.32 Å². The Morgan fingerprint density at radius 1 is 1.25 bits per heavy atom. The number of carbonyl (C=O) groups is 1. The van der Waals surface area contributed by atoms with Crippen LogP contribution in [0, 0.1) is 5.92 Å². The zero-order valence-electron chi connectivity index (χ0n) is 12.3. The topological polar surface area (TPSA) is 37.3 Å². The zero-order chi connectivity index (χ0) is 13.9. The van der Waals surface area contributed by atoms with E-state index in [-0.39, 0.29) is 6.03 Å². The number of nitrogens with one attached hydrogen (secondary N) is 1. The molecule has 2 fully saturated rings. The van der Waals surface area contributed by atoms with Gasteiger partial charge in [-0.25, -0.2) is 4.79 Å². The fraction of sp³-hybridized carbons (Fsp3) is 0.688. The molecule has 3 rings (SSSR count). The molecule has 20 heavy (non-hydrogen) atoms. The summed E-state index contributed by atoms with van der Waals surface area (Å²) >= 11 is 0. The molecule has 1 aromatic rings. The van der Waals surface area contributed by atoms with E-state index in [9.17, 15) is 4.79 Å². The van der Waals surface area contributed by atoms with Gasteiger partial charge in [-0.15, -0.1) is 0 Å². The van der Waals surface area contributed by atoms with Gasteiger partial charge in [0.2, 0.25) is 0 Å². The lowest BCUT2D eigenvalue weighted by Crippen LogP contribution is -2.48. The lowest BCUT2D eigenvalue weighted by Gasteiger charge is -2.33. The number of rotatable bonds is 3. The van der Waals surface area contributed by atoms with Crippen molar-refractivity contribution < 1.29 is 4.79 Å². The van der Waals surface area contributed by atoms with E-state index in [1.165, 1.54) is 32.1 Å². The Morgan fingerprint density at radius 2 is 2.00 bits per heavy atom. The minimum Gasteiger partial charge on any atom is -0.353 e. The molecule has 4 nitrogen and oxygen atoms in total. The van der Waals surface area contributed by atoms with Crippen molar-refractivity contribution in [1.82, 2.24) is 14.8 Å².